The average molecular weight is 406 g/mol. The van der Waals surface area contributed by atoms with E-state index in [1.807, 2.05) is 0 Å². The zero-order valence-corrected chi connectivity index (χ0v) is 17.7. The summed E-state index contributed by atoms with van der Waals surface area (Å²) in [7, 11) is 0. The molecule has 0 bridgehead atoms. The van der Waals surface area contributed by atoms with Crippen LogP contribution in [0.1, 0.15) is 26.3 Å². The van der Waals surface area contributed by atoms with Gasteiger partial charge in [-0.2, -0.15) is 0 Å². The maximum Gasteiger partial charge on any atom is 0.194 e. The molecule has 1 heterocycles. The Morgan fingerprint density at radius 1 is 1.07 bits per heavy atom. The zero-order valence-electron chi connectivity index (χ0n) is 16.9. The van der Waals surface area contributed by atoms with Gasteiger partial charge < -0.3 is 9.64 Å². The fourth-order valence-electron chi connectivity index (χ4n) is 4.22. The smallest absolute Gasteiger partial charge is 0.194 e. The van der Waals surface area contributed by atoms with Gasteiger partial charge in [0.05, 0.1) is 0 Å². The lowest BCUT2D eigenvalue weighted by Gasteiger charge is -2.26. The van der Waals surface area contributed by atoms with E-state index in [2.05, 4.69) is 62.1 Å². The molecule has 0 unspecified atom stereocenters. The van der Waals surface area contributed by atoms with Crippen molar-refractivity contribution in [2.75, 3.05) is 18.1 Å². The molecular weight excluding hydrogens is 382 g/mol. The molecule has 0 saturated carbocycles. The van der Waals surface area contributed by atoms with Gasteiger partial charge in [-0.05, 0) is 53.6 Å². The van der Waals surface area contributed by atoms with Gasteiger partial charge in [0.15, 0.2) is 12.4 Å². The molecule has 0 saturated heterocycles. The first-order valence-corrected chi connectivity index (χ1v) is 10.2. The van der Waals surface area contributed by atoms with Crippen LogP contribution in [0.3, 0.4) is 0 Å². The first kappa shape index (κ1) is 19.5. The highest BCUT2D eigenvalue weighted by Crippen LogP contribution is 2.50. The molecule has 3 nitrogen and oxygen atoms in total. The van der Waals surface area contributed by atoms with Crippen molar-refractivity contribution in [3.8, 4) is 5.75 Å². The van der Waals surface area contributed by atoms with Crippen molar-refractivity contribution in [1.29, 1.82) is 0 Å². The summed E-state index contributed by atoms with van der Waals surface area (Å²) in [6.45, 7) is 7.28. The molecule has 1 aliphatic rings. The van der Waals surface area contributed by atoms with E-state index in [1.165, 1.54) is 22.0 Å². The number of halogens is 1. The van der Waals surface area contributed by atoms with E-state index in [0.29, 0.717) is 10.8 Å². The molecule has 1 aliphatic heterocycles. The number of nitrogens with zero attached hydrogens (tertiary/aromatic N) is 1. The number of rotatable bonds is 5. The van der Waals surface area contributed by atoms with Crippen LogP contribution in [0.25, 0.3) is 10.8 Å². The Labute approximate surface area is 176 Å². The van der Waals surface area contributed by atoms with Crippen LogP contribution in [0.4, 0.5) is 5.69 Å². The lowest BCUT2D eigenvalue weighted by Crippen LogP contribution is -2.27. The number of fused-ring (bicyclic) bond motifs is 3. The molecule has 0 aromatic heterocycles. The van der Waals surface area contributed by atoms with Gasteiger partial charge in [-0.3, -0.25) is 4.79 Å². The summed E-state index contributed by atoms with van der Waals surface area (Å²) in [5.74, 6) is 0.576. The molecule has 0 amide bonds. The molecule has 0 radical (unpaired) electrons. The summed E-state index contributed by atoms with van der Waals surface area (Å²) in [4.78, 5) is 15.0. The molecule has 0 spiro atoms. The second-order valence-corrected chi connectivity index (χ2v) is 8.23. The quantitative estimate of drug-likeness (QED) is 0.477. The molecule has 4 rings (SSSR count). The largest absolute Gasteiger partial charge is 0.485 e. The number of hydrogen-bond acceptors (Lipinski definition) is 3. The van der Waals surface area contributed by atoms with Gasteiger partial charge in [-0.25, -0.2) is 0 Å². The topological polar surface area (TPSA) is 29.5 Å². The van der Waals surface area contributed by atoms with Crippen LogP contribution < -0.4 is 9.64 Å². The Balaban J connectivity index is 1.66. The van der Waals surface area contributed by atoms with Gasteiger partial charge >= 0.3 is 0 Å². The van der Waals surface area contributed by atoms with Crippen LogP contribution in [-0.2, 0) is 10.2 Å². The minimum absolute atomic E-state index is 0.00411. The molecule has 0 aliphatic carbocycles. The molecule has 4 heteroatoms. The van der Waals surface area contributed by atoms with Crippen molar-refractivity contribution in [2.45, 2.75) is 26.2 Å². The Morgan fingerprint density at radius 3 is 2.52 bits per heavy atom. The normalized spacial score (nSPS) is 16.3. The van der Waals surface area contributed by atoms with Crippen molar-refractivity contribution in [3.63, 3.8) is 0 Å². The minimum Gasteiger partial charge on any atom is -0.485 e. The SMILES string of the molecule is CCN1C(=CC(=O)COc2ccc(Cl)cc2)C(C)(C)c2c1ccc1ccccc21. The third-order valence-corrected chi connectivity index (χ3v) is 5.81. The van der Waals surface area contributed by atoms with Crippen LogP contribution in [-0.4, -0.2) is 18.9 Å². The van der Waals surface area contributed by atoms with Gasteiger partial charge in [0.2, 0.25) is 0 Å². The zero-order chi connectivity index (χ0) is 20.6. The molecular formula is C25H24ClNO2. The average Bonchev–Trinajstić information content (AvgIpc) is 2.94. The fraction of sp³-hybridized carbons (Fsp3) is 0.240. The molecule has 0 atom stereocenters. The molecule has 0 N–H and O–H groups in total. The number of ether oxygens (including phenoxy) is 1. The van der Waals surface area contributed by atoms with Crippen LogP contribution in [0.5, 0.6) is 5.75 Å². The second-order valence-electron chi connectivity index (χ2n) is 7.79. The summed E-state index contributed by atoms with van der Waals surface area (Å²) in [6.07, 6.45) is 1.74. The van der Waals surface area contributed by atoms with Crippen molar-refractivity contribution in [3.05, 3.63) is 83.0 Å². The highest BCUT2D eigenvalue weighted by molar-refractivity contribution is 6.30. The van der Waals surface area contributed by atoms with E-state index in [9.17, 15) is 4.79 Å². The van der Waals surface area contributed by atoms with Gasteiger partial charge in [0.25, 0.3) is 0 Å². The third kappa shape index (κ3) is 3.51. The van der Waals surface area contributed by atoms with E-state index in [4.69, 9.17) is 16.3 Å². The van der Waals surface area contributed by atoms with Crippen molar-refractivity contribution >= 4 is 33.8 Å². The Hall–Kier alpha value is -2.78. The van der Waals surface area contributed by atoms with Crippen molar-refractivity contribution in [2.24, 2.45) is 0 Å². The monoisotopic (exact) mass is 405 g/mol. The van der Waals surface area contributed by atoms with E-state index < -0.39 is 0 Å². The highest BCUT2D eigenvalue weighted by atomic mass is 35.5. The van der Waals surface area contributed by atoms with E-state index in [-0.39, 0.29) is 17.8 Å². The van der Waals surface area contributed by atoms with E-state index in [1.54, 1.807) is 30.3 Å². The summed E-state index contributed by atoms with van der Waals surface area (Å²) >= 11 is 5.90. The molecule has 29 heavy (non-hydrogen) atoms. The van der Waals surface area contributed by atoms with Gasteiger partial charge in [0, 0.05) is 34.4 Å². The van der Waals surface area contributed by atoms with Crippen LogP contribution in [0.2, 0.25) is 5.02 Å². The van der Waals surface area contributed by atoms with Gasteiger partial charge in [0.1, 0.15) is 5.75 Å². The number of hydrogen-bond donors (Lipinski definition) is 0. The molecule has 3 aromatic carbocycles. The van der Waals surface area contributed by atoms with Gasteiger partial charge in [-0.1, -0.05) is 55.8 Å². The van der Waals surface area contributed by atoms with Crippen LogP contribution in [0.15, 0.2) is 72.4 Å². The second kappa shape index (κ2) is 7.57. The number of carbonyl (C=O) groups excluding carboxylic acids is 1. The summed E-state index contributed by atoms with van der Waals surface area (Å²) < 4.78 is 5.65. The fourth-order valence-corrected chi connectivity index (χ4v) is 4.34. The number of carbonyl (C=O) groups is 1. The number of benzene rings is 3. The van der Waals surface area contributed by atoms with Crippen LogP contribution >= 0.6 is 11.6 Å². The Kier molecular flexibility index (Phi) is 5.10. The predicted molar refractivity (Wildman–Crippen MR) is 120 cm³/mol. The first-order valence-electron chi connectivity index (χ1n) is 9.85. The first-order chi connectivity index (χ1) is 13.9. The molecule has 0 fully saturated rings. The van der Waals surface area contributed by atoms with E-state index in [0.717, 1.165) is 12.2 Å². The Morgan fingerprint density at radius 2 is 1.79 bits per heavy atom. The van der Waals surface area contributed by atoms with Gasteiger partial charge in [-0.15, -0.1) is 0 Å². The maximum absolute atomic E-state index is 12.7. The summed E-state index contributed by atoms with van der Waals surface area (Å²) in [6, 6.07) is 19.8. The maximum atomic E-state index is 12.7. The van der Waals surface area contributed by atoms with E-state index >= 15 is 0 Å². The summed E-state index contributed by atoms with van der Waals surface area (Å²) in [5, 5.41) is 3.10. The van der Waals surface area contributed by atoms with Crippen LogP contribution in [0, 0.1) is 0 Å². The lowest BCUT2D eigenvalue weighted by atomic mass is 9.81. The lowest BCUT2D eigenvalue weighted by molar-refractivity contribution is -0.116. The Bertz CT molecular complexity index is 1100. The van der Waals surface area contributed by atoms with Crippen molar-refractivity contribution in [1.82, 2.24) is 0 Å². The third-order valence-electron chi connectivity index (χ3n) is 5.56. The number of allylic oxidation sites excluding steroid dienone is 1. The number of ketones is 1. The highest BCUT2D eigenvalue weighted by Gasteiger charge is 2.41. The predicted octanol–water partition coefficient (Wildman–Crippen LogP) is 6.14. The molecule has 3 aromatic rings. The molecule has 148 valence electrons. The minimum atomic E-state index is -0.276. The standard InChI is InChI=1S/C25H24ClNO2/c1-4-27-22-14-9-17-7-5-6-8-21(17)24(22)25(2,3)23(27)15-19(28)16-29-20-12-10-18(26)11-13-20/h5-15H,4,16H2,1-3H3. The number of anilines is 1. The number of likely N-dealkylation sites (N-methyl/N-ethyl adjacent to an activating group) is 1. The van der Waals surface area contributed by atoms with Crippen molar-refractivity contribution < 1.29 is 9.53 Å². The summed E-state index contributed by atoms with van der Waals surface area (Å²) in [5.41, 5.74) is 3.18.